The summed E-state index contributed by atoms with van der Waals surface area (Å²) in [5.74, 6) is 0.597. The number of hydrogen-bond acceptors (Lipinski definition) is 0. The number of hydrogen-bond donors (Lipinski definition) is 0. The van der Waals surface area contributed by atoms with Crippen molar-refractivity contribution >= 4 is 0 Å². The summed E-state index contributed by atoms with van der Waals surface area (Å²) in [6, 6.07) is 12.8. The first kappa shape index (κ1) is 14.3. The Labute approximate surface area is 127 Å². The zero-order valence-electron chi connectivity index (χ0n) is 13.0. The molecule has 2 aromatic carbocycles. The van der Waals surface area contributed by atoms with Gasteiger partial charge in [0.05, 0.1) is 0 Å². The maximum absolute atomic E-state index is 14.1. The minimum atomic E-state index is 0.00757. The van der Waals surface area contributed by atoms with Crippen molar-refractivity contribution in [1.29, 1.82) is 0 Å². The molecule has 0 amide bonds. The Morgan fingerprint density at radius 1 is 0.952 bits per heavy atom. The number of aryl methyl sites for hydroxylation is 3. The molecule has 1 heteroatoms. The molecule has 0 saturated carbocycles. The molecule has 1 aliphatic rings. The van der Waals surface area contributed by atoms with E-state index in [0.29, 0.717) is 5.92 Å². The molecule has 0 spiro atoms. The summed E-state index contributed by atoms with van der Waals surface area (Å²) in [6.07, 6.45) is 4.92. The lowest BCUT2D eigenvalue weighted by Gasteiger charge is -2.07. The fraction of sp³-hybridized carbons (Fsp3) is 0.400. The van der Waals surface area contributed by atoms with Crippen LogP contribution in [0.1, 0.15) is 41.7 Å². The van der Waals surface area contributed by atoms with Crippen molar-refractivity contribution in [3.8, 4) is 0 Å². The van der Waals surface area contributed by atoms with Gasteiger partial charge in [-0.1, -0.05) is 44.2 Å². The average Bonchev–Trinajstić information content (AvgIpc) is 2.87. The fourth-order valence-electron chi connectivity index (χ4n) is 3.34. The number of rotatable bonds is 4. The summed E-state index contributed by atoms with van der Waals surface area (Å²) in [5, 5.41) is 0. The SMILES string of the molecule is CCc1ccc(CCc2cc(F)c3c(c2)CC(C)C3)cc1. The minimum Gasteiger partial charge on any atom is -0.207 e. The number of fused-ring (bicyclic) bond motifs is 1. The van der Waals surface area contributed by atoms with Crippen molar-refractivity contribution in [2.45, 2.75) is 46.0 Å². The average molecular weight is 282 g/mol. The van der Waals surface area contributed by atoms with E-state index in [0.717, 1.165) is 43.2 Å². The predicted octanol–water partition coefficient (Wildman–Crippen LogP) is 4.91. The third-order valence-electron chi connectivity index (χ3n) is 4.60. The van der Waals surface area contributed by atoms with E-state index in [9.17, 15) is 4.39 Å². The summed E-state index contributed by atoms with van der Waals surface area (Å²) in [6.45, 7) is 4.37. The molecule has 0 nitrogen and oxygen atoms in total. The van der Waals surface area contributed by atoms with Crippen LogP contribution in [0.3, 0.4) is 0 Å². The van der Waals surface area contributed by atoms with E-state index >= 15 is 0 Å². The molecule has 2 aromatic rings. The molecule has 0 bridgehead atoms. The van der Waals surface area contributed by atoms with Crippen LogP contribution < -0.4 is 0 Å². The van der Waals surface area contributed by atoms with Crippen molar-refractivity contribution in [3.63, 3.8) is 0 Å². The predicted molar refractivity (Wildman–Crippen MR) is 86.2 cm³/mol. The molecule has 1 atom stereocenters. The molecule has 0 radical (unpaired) electrons. The quantitative estimate of drug-likeness (QED) is 0.747. The van der Waals surface area contributed by atoms with Gasteiger partial charge in [-0.2, -0.15) is 0 Å². The van der Waals surface area contributed by atoms with Gasteiger partial charge in [-0.05, 0) is 71.9 Å². The highest BCUT2D eigenvalue weighted by Gasteiger charge is 2.21. The number of halogens is 1. The van der Waals surface area contributed by atoms with E-state index in [1.165, 1.54) is 16.7 Å². The van der Waals surface area contributed by atoms with E-state index in [2.05, 4.69) is 44.2 Å². The van der Waals surface area contributed by atoms with Gasteiger partial charge in [0.1, 0.15) is 5.82 Å². The molecule has 110 valence electrons. The van der Waals surface area contributed by atoms with Crippen molar-refractivity contribution in [1.82, 2.24) is 0 Å². The molecule has 0 aliphatic heterocycles. The summed E-state index contributed by atoms with van der Waals surface area (Å²) >= 11 is 0. The summed E-state index contributed by atoms with van der Waals surface area (Å²) in [7, 11) is 0. The lowest BCUT2D eigenvalue weighted by Crippen LogP contribution is -1.96. The van der Waals surface area contributed by atoms with Gasteiger partial charge in [0.25, 0.3) is 0 Å². The van der Waals surface area contributed by atoms with Crippen LogP contribution in [-0.4, -0.2) is 0 Å². The monoisotopic (exact) mass is 282 g/mol. The van der Waals surface area contributed by atoms with E-state index < -0.39 is 0 Å². The maximum atomic E-state index is 14.1. The van der Waals surface area contributed by atoms with Crippen LogP contribution in [0, 0.1) is 11.7 Å². The molecular weight excluding hydrogens is 259 g/mol. The Hall–Kier alpha value is -1.63. The molecule has 3 rings (SSSR count). The van der Waals surface area contributed by atoms with E-state index in [1.807, 2.05) is 0 Å². The molecule has 21 heavy (non-hydrogen) atoms. The van der Waals surface area contributed by atoms with E-state index in [1.54, 1.807) is 6.07 Å². The Kier molecular flexibility index (Phi) is 4.10. The highest BCUT2D eigenvalue weighted by atomic mass is 19.1. The number of benzene rings is 2. The van der Waals surface area contributed by atoms with Crippen LogP contribution >= 0.6 is 0 Å². The second kappa shape index (κ2) is 6.01. The van der Waals surface area contributed by atoms with Crippen molar-refractivity contribution in [3.05, 3.63) is 70.0 Å². The van der Waals surface area contributed by atoms with Crippen LogP contribution in [0.5, 0.6) is 0 Å². The molecule has 1 unspecified atom stereocenters. The Balaban J connectivity index is 1.71. The third-order valence-corrected chi connectivity index (χ3v) is 4.60. The molecular formula is C20H23F. The first-order valence-electron chi connectivity index (χ1n) is 8.03. The van der Waals surface area contributed by atoms with Crippen molar-refractivity contribution < 1.29 is 4.39 Å². The zero-order valence-corrected chi connectivity index (χ0v) is 13.0. The lowest BCUT2D eigenvalue weighted by atomic mass is 9.99. The third kappa shape index (κ3) is 3.18. The van der Waals surface area contributed by atoms with Gasteiger partial charge in [0, 0.05) is 0 Å². The molecule has 0 fully saturated rings. The Morgan fingerprint density at radius 2 is 1.62 bits per heavy atom. The van der Waals surface area contributed by atoms with Crippen LogP contribution in [0.2, 0.25) is 0 Å². The molecule has 0 heterocycles. The standard InChI is InChI=1S/C20H23F/c1-3-15-4-6-16(7-5-15)8-9-17-12-18-10-14(2)11-19(18)20(21)13-17/h4-7,12-14H,3,8-11H2,1-2H3. The van der Waals surface area contributed by atoms with Gasteiger partial charge in [-0.25, -0.2) is 4.39 Å². The Bertz CT molecular complexity index is 625. The Morgan fingerprint density at radius 3 is 2.33 bits per heavy atom. The molecule has 0 aromatic heterocycles. The van der Waals surface area contributed by atoms with Gasteiger partial charge >= 0.3 is 0 Å². The molecule has 1 aliphatic carbocycles. The van der Waals surface area contributed by atoms with Crippen LogP contribution in [0.4, 0.5) is 4.39 Å². The van der Waals surface area contributed by atoms with Gasteiger partial charge in [-0.15, -0.1) is 0 Å². The maximum Gasteiger partial charge on any atom is 0.126 e. The van der Waals surface area contributed by atoms with Crippen molar-refractivity contribution in [2.75, 3.05) is 0 Å². The highest BCUT2D eigenvalue weighted by Crippen LogP contribution is 2.30. The summed E-state index contributed by atoms with van der Waals surface area (Å²) < 4.78 is 14.1. The summed E-state index contributed by atoms with van der Waals surface area (Å²) in [5.41, 5.74) is 6.04. The van der Waals surface area contributed by atoms with Gasteiger partial charge in [-0.3, -0.25) is 0 Å². The van der Waals surface area contributed by atoms with Gasteiger partial charge in [0.2, 0.25) is 0 Å². The first-order valence-corrected chi connectivity index (χ1v) is 8.03. The largest absolute Gasteiger partial charge is 0.207 e. The van der Waals surface area contributed by atoms with Crippen LogP contribution in [-0.2, 0) is 32.1 Å². The fourth-order valence-corrected chi connectivity index (χ4v) is 3.34. The van der Waals surface area contributed by atoms with Crippen LogP contribution in [0.25, 0.3) is 0 Å². The first-order chi connectivity index (χ1) is 10.2. The zero-order chi connectivity index (χ0) is 14.8. The normalized spacial score (nSPS) is 17.0. The summed E-state index contributed by atoms with van der Waals surface area (Å²) in [4.78, 5) is 0. The topological polar surface area (TPSA) is 0 Å². The molecule has 0 saturated heterocycles. The van der Waals surface area contributed by atoms with Gasteiger partial charge in [0.15, 0.2) is 0 Å². The smallest absolute Gasteiger partial charge is 0.126 e. The van der Waals surface area contributed by atoms with Gasteiger partial charge < -0.3 is 0 Å². The van der Waals surface area contributed by atoms with E-state index in [4.69, 9.17) is 0 Å². The van der Waals surface area contributed by atoms with Crippen LogP contribution in [0.15, 0.2) is 36.4 Å². The second-order valence-electron chi connectivity index (χ2n) is 6.40. The van der Waals surface area contributed by atoms with Crippen molar-refractivity contribution in [2.24, 2.45) is 5.92 Å². The minimum absolute atomic E-state index is 0.00757. The molecule has 0 N–H and O–H groups in total. The van der Waals surface area contributed by atoms with E-state index in [-0.39, 0.29) is 5.82 Å². The second-order valence-corrected chi connectivity index (χ2v) is 6.40. The highest BCUT2D eigenvalue weighted by molar-refractivity contribution is 5.38. The lowest BCUT2D eigenvalue weighted by molar-refractivity contribution is 0.586.